The van der Waals surface area contributed by atoms with Gasteiger partial charge in [0.2, 0.25) is 0 Å². The highest BCUT2D eigenvalue weighted by Crippen LogP contribution is 2.20. The van der Waals surface area contributed by atoms with E-state index in [4.69, 9.17) is 4.84 Å². The van der Waals surface area contributed by atoms with Gasteiger partial charge in [-0.15, -0.1) is 0 Å². The summed E-state index contributed by atoms with van der Waals surface area (Å²) in [6.45, 7) is 0.503. The van der Waals surface area contributed by atoms with E-state index in [1.165, 1.54) is 11.3 Å². The fourth-order valence-corrected chi connectivity index (χ4v) is 3.50. The molecule has 0 bridgehead atoms. The summed E-state index contributed by atoms with van der Waals surface area (Å²) in [5.41, 5.74) is 2.61. The zero-order valence-electron chi connectivity index (χ0n) is 11.7. The molecule has 0 saturated carbocycles. The van der Waals surface area contributed by atoms with Crippen LogP contribution in [0.15, 0.2) is 58.6 Å². The minimum absolute atomic E-state index is 0.0380. The third kappa shape index (κ3) is 2.31. The van der Waals surface area contributed by atoms with Gasteiger partial charge in [0.1, 0.15) is 5.71 Å². The number of oxime groups is 1. The highest BCUT2D eigenvalue weighted by Gasteiger charge is 2.24. The van der Waals surface area contributed by atoms with Crippen molar-refractivity contribution in [2.45, 2.75) is 19.1 Å². The summed E-state index contributed by atoms with van der Waals surface area (Å²) in [6, 6.07) is 13.5. The molecule has 3 aromatic rings. The minimum atomic E-state index is -0.132. The van der Waals surface area contributed by atoms with Crippen LogP contribution < -0.4 is 4.87 Å². The molecule has 1 aliphatic rings. The van der Waals surface area contributed by atoms with Crippen molar-refractivity contribution in [1.29, 1.82) is 0 Å². The molecule has 3 heterocycles. The Morgan fingerprint density at radius 2 is 2.09 bits per heavy atom. The summed E-state index contributed by atoms with van der Waals surface area (Å²) >= 11 is 1.26. The number of thiazole rings is 1. The maximum absolute atomic E-state index is 12.2. The van der Waals surface area contributed by atoms with Gasteiger partial charge in [-0.2, -0.15) is 0 Å². The van der Waals surface area contributed by atoms with Crippen LogP contribution in [0.25, 0.3) is 10.2 Å². The van der Waals surface area contributed by atoms with E-state index in [2.05, 4.69) is 10.1 Å². The SMILES string of the molecule is O=c1sc2ccccc2n1CC1CC(c2ccccn2)=NO1. The van der Waals surface area contributed by atoms with Crippen molar-refractivity contribution in [2.24, 2.45) is 5.16 Å². The Morgan fingerprint density at radius 3 is 2.95 bits per heavy atom. The Morgan fingerprint density at radius 1 is 1.23 bits per heavy atom. The molecule has 1 aromatic carbocycles. The van der Waals surface area contributed by atoms with Crippen molar-refractivity contribution >= 4 is 27.3 Å². The van der Waals surface area contributed by atoms with Crippen LogP contribution in [0.2, 0.25) is 0 Å². The Hall–Kier alpha value is -2.47. The summed E-state index contributed by atoms with van der Waals surface area (Å²) < 4.78 is 2.76. The maximum atomic E-state index is 12.2. The molecule has 1 atom stereocenters. The molecular formula is C16H13N3O2S. The van der Waals surface area contributed by atoms with Crippen molar-refractivity contribution in [3.8, 4) is 0 Å². The second-order valence-corrected chi connectivity index (χ2v) is 6.12. The normalized spacial score (nSPS) is 17.5. The zero-order chi connectivity index (χ0) is 14.9. The van der Waals surface area contributed by atoms with Crippen LogP contribution in [-0.4, -0.2) is 21.4 Å². The number of rotatable bonds is 3. The quantitative estimate of drug-likeness (QED) is 0.747. The molecular weight excluding hydrogens is 298 g/mol. The summed E-state index contributed by atoms with van der Waals surface area (Å²) in [5, 5.41) is 4.12. The Kier molecular flexibility index (Phi) is 3.23. The Balaban J connectivity index is 1.56. The molecule has 0 radical (unpaired) electrons. The number of para-hydroxylation sites is 1. The number of hydrogen-bond donors (Lipinski definition) is 0. The Labute approximate surface area is 130 Å². The molecule has 4 rings (SSSR count). The molecule has 1 unspecified atom stereocenters. The smallest absolute Gasteiger partial charge is 0.308 e. The monoisotopic (exact) mass is 311 g/mol. The van der Waals surface area contributed by atoms with E-state index in [9.17, 15) is 4.79 Å². The topological polar surface area (TPSA) is 56.5 Å². The van der Waals surface area contributed by atoms with E-state index in [-0.39, 0.29) is 11.0 Å². The van der Waals surface area contributed by atoms with Crippen molar-refractivity contribution in [1.82, 2.24) is 9.55 Å². The van der Waals surface area contributed by atoms with E-state index in [1.807, 2.05) is 42.5 Å². The molecule has 0 amide bonds. The predicted octanol–water partition coefficient (Wildman–Crippen LogP) is 2.65. The van der Waals surface area contributed by atoms with Gasteiger partial charge >= 0.3 is 4.87 Å². The summed E-state index contributed by atoms with van der Waals surface area (Å²) in [7, 11) is 0. The van der Waals surface area contributed by atoms with Crippen LogP contribution in [-0.2, 0) is 11.4 Å². The van der Waals surface area contributed by atoms with Gasteiger partial charge < -0.3 is 4.84 Å². The standard InChI is InChI=1S/C16H13N3O2S/c20-16-19(14-6-1-2-7-15(14)22-16)10-11-9-13(18-21-11)12-5-3-4-8-17-12/h1-8,11H,9-10H2. The van der Waals surface area contributed by atoms with Gasteiger partial charge in [0.25, 0.3) is 0 Å². The minimum Gasteiger partial charge on any atom is -0.390 e. The number of benzene rings is 1. The zero-order valence-corrected chi connectivity index (χ0v) is 12.5. The molecule has 2 aromatic heterocycles. The van der Waals surface area contributed by atoms with Gasteiger partial charge in [-0.05, 0) is 24.3 Å². The van der Waals surface area contributed by atoms with Gasteiger partial charge in [-0.3, -0.25) is 14.3 Å². The summed E-state index contributed by atoms with van der Waals surface area (Å²) in [6.07, 6.45) is 2.27. The van der Waals surface area contributed by atoms with Gasteiger partial charge in [0.15, 0.2) is 6.10 Å². The van der Waals surface area contributed by atoms with Crippen molar-refractivity contribution < 1.29 is 4.84 Å². The lowest BCUT2D eigenvalue weighted by atomic mass is 10.1. The first-order chi connectivity index (χ1) is 10.8. The lowest BCUT2D eigenvalue weighted by Crippen LogP contribution is -2.23. The number of aromatic nitrogens is 2. The van der Waals surface area contributed by atoms with Crippen LogP contribution in [0, 0.1) is 0 Å². The fourth-order valence-electron chi connectivity index (χ4n) is 2.60. The van der Waals surface area contributed by atoms with E-state index in [0.29, 0.717) is 13.0 Å². The van der Waals surface area contributed by atoms with Crippen molar-refractivity contribution in [3.05, 3.63) is 64.0 Å². The molecule has 5 nitrogen and oxygen atoms in total. The lowest BCUT2D eigenvalue weighted by Gasteiger charge is -2.09. The third-order valence-electron chi connectivity index (χ3n) is 3.65. The molecule has 22 heavy (non-hydrogen) atoms. The van der Waals surface area contributed by atoms with Crippen LogP contribution in [0.5, 0.6) is 0 Å². The van der Waals surface area contributed by atoms with Crippen LogP contribution in [0.1, 0.15) is 12.1 Å². The first-order valence-electron chi connectivity index (χ1n) is 7.04. The molecule has 1 aliphatic heterocycles. The average molecular weight is 311 g/mol. The molecule has 0 saturated heterocycles. The first kappa shape index (κ1) is 13.2. The van der Waals surface area contributed by atoms with Gasteiger partial charge in [-0.1, -0.05) is 34.7 Å². The van der Waals surface area contributed by atoms with Gasteiger partial charge in [0.05, 0.1) is 22.5 Å². The highest BCUT2D eigenvalue weighted by molar-refractivity contribution is 7.16. The van der Waals surface area contributed by atoms with Gasteiger partial charge in [0, 0.05) is 12.6 Å². The third-order valence-corrected chi connectivity index (χ3v) is 4.61. The van der Waals surface area contributed by atoms with E-state index < -0.39 is 0 Å². The van der Waals surface area contributed by atoms with E-state index in [0.717, 1.165) is 21.6 Å². The van der Waals surface area contributed by atoms with Crippen LogP contribution in [0.4, 0.5) is 0 Å². The second-order valence-electron chi connectivity index (χ2n) is 5.13. The summed E-state index contributed by atoms with van der Waals surface area (Å²) in [5.74, 6) is 0. The molecule has 0 aliphatic carbocycles. The van der Waals surface area contributed by atoms with Gasteiger partial charge in [-0.25, -0.2) is 0 Å². The summed E-state index contributed by atoms with van der Waals surface area (Å²) in [4.78, 5) is 22.0. The lowest BCUT2D eigenvalue weighted by molar-refractivity contribution is 0.0730. The van der Waals surface area contributed by atoms with Crippen LogP contribution >= 0.6 is 11.3 Å². The first-order valence-corrected chi connectivity index (χ1v) is 7.85. The Bertz CT molecular complexity index is 898. The largest absolute Gasteiger partial charge is 0.390 e. The number of nitrogens with zero attached hydrogens (tertiary/aromatic N) is 3. The fraction of sp³-hybridized carbons (Fsp3) is 0.188. The van der Waals surface area contributed by atoms with Crippen LogP contribution in [0.3, 0.4) is 0 Å². The molecule has 110 valence electrons. The molecule has 6 heteroatoms. The highest BCUT2D eigenvalue weighted by atomic mass is 32.1. The maximum Gasteiger partial charge on any atom is 0.308 e. The predicted molar refractivity (Wildman–Crippen MR) is 86.3 cm³/mol. The van der Waals surface area contributed by atoms with Crippen molar-refractivity contribution in [3.63, 3.8) is 0 Å². The number of pyridine rings is 1. The molecule has 0 fully saturated rings. The average Bonchev–Trinajstić information content (AvgIpc) is 3.14. The number of fused-ring (bicyclic) bond motifs is 1. The second kappa shape index (κ2) is 5.38. The van der Waals surface area contributed by atoms with E-state index >= 15 is 0 Å². The molecule has 0 N–H and O–H groups in total. The van der Waals surface area contributed by atoms with Crippen molar-refractivity contribution in [2.75, 3.05) is 0 Å². The number of hydrogen-bond acceptors (Lipinski definition) is 5. The van der Waals surface area contributed by atoms with E-state index in [1.54, 1.807) is 10.8 Å². The molecule has 0 spiro atoms.